The summed E-state index contributed by atoms with van der Waals surface area (Å²) in [5, 5.41) is 9.64. The third-order valence-corrected chi connectivity index (χ3v) is 5.36. The third kappa shape index (κ3) is 2.08. The average Bonchev–Trinajstić information content (AvgIpc) is 2.65. The molecular weight excluding hydrogens is 232 g/mol. The molecule has 0 bridgehead atoms. The minimum atomic E-state index is -0.596. The Morgan fingerprint density at radius 3 is 2.82 bits per heavy atom. The van der Waals surface area contributed by atoms with Crippen molar-refractivity contribution in [3.05, 3.63) is 29.8 Å². The van der Waals surface area contributed by atoms with Gasteiger partial charge in [-0.15, -0.1) is 11.8 Å². The minimum absolute atomic E-state index is 0.0701. The molecule has 2 nitrogen and oxygen atoms in total. The second-order valence-electron chi connectivity index (χ2n) is 5.07. The molecule has 90 valence electrons. The SMILES string of the molecule is O=C(O)C1CCC1CC1Cc2ccccc2S1. The van der Waals surface area contributed by atoms with Crippen molar-refractivity contribution >= 4 is 17.7 Å². The lowest BCUT2D eigenvalue weighted by Gasteiger charge is -2.34. The van der Waals surface area contributed by atoms with E-state index in [-0.39, 0.29) is 5.92 Å². The van der Waals surface area contributed by atoms with Gasteiger partial charge in [-0.25, -0.2) is 0 Å². The highest BCUT2D eigenvalue weighted by Gasteiger charge is 2.38. The summed E-state index contributed by atoms with van der Waals surface area (Å²) in [4.78, 5) is 12.4. The fourth-order valence-corrected chi connectivity index (χ4v) is 4.32. The van der Waals surface area contributed by atoms with Crippen molar-refractivity contribution in [3.63, 3.8) is 0 Å². The van der Waals surface area contributed by atoms with E-state index in [0.717, 1.165) is 25.7 Å². The van der Waals surface area contributed by atoms with Crippen LogP contribution in [0.2, 0.25) is 0 Å². The third-order valence-electron chi connectivity index (χ3n) is 4.01. The molecule has 1 fully saturated rings. The molecule has 2 aliphatic rings. The molecule has 3 heteroatoms. The highest BCUT2D eigenvalue weighted by molar-refractivity contribution is 8.00. The zero-order valence-corrected chi connectivity index (χ0v) is 10.5. The molecule has 1 heterocycles. The van der Waals surface area contributed by atoms with Crippen LogP contribution in [0.25, 0.3) is 0 Å². The topological polar surface area (TPSA) is 37.3 Å². The Bertz CT molecular complexity index is 419. The molecule has 1 aromatic carbocycles. The van der Waals surface area contributed by atoms with Gasteiger partial charge in [-0.1, -0.05) is 18.2 Å². The monoisotopic (exact) mass is 248 g/mol. The number of thioether (sulfide) groups is 1. The van der Waals surface area contributed by atoms with Crippen LogP contribution in [0.5, 0.6) is 0 Å². The van der Waals surface area contributed by atoms with Crippen LogP contribution in [-0.2, 0) is 11.2 Å². The molecule has 1 saturated carbocycles. The lowest BCUT2D eigenvalue weighted by atomic mass is 9.71. The Morgan fingerprint density at radius 1 is 1.35 bits per heavy atom. The van der Waals surface area contributed by atoms with E-state index in [4.69, 9.17) is 5.11 Å². The van der Waals surface area contributed by atoms with Gasteiger partial charge in [-0.2, -0.15) is 0 Å². The number of carbonyl (C=O) groups is 1. The predicted molar refractivity (Wildman–Crippen MR) is 68.3 cm³/mol. The Balaban J connectivity index is 1.61. The summed E-state index contributed by atoms with van der Waals surface area (Å²) in [6.45, 7) is 0. The van der Waals surface area contributed by atoms with Crippen molar-refractivity contribution in [2.24, 2.45) is 11.8 Å². The minimum Gasteiger partial charge on any atom is -0.481 e. The van der Waals surface area contributed by atoms with Crippen LogP contribution in [0.15, 0.2) is 29.2 Å². The average molecular weight is 248 g/mol. The van der Waals surface area contributed by atoms with E-state index >= 15 is 0 Å². The van der Waals surface area contributed by atoms with Gasteiger partial charge in [-0.05, 0) is 43.2 Å². The number of carboxylic acids is 1. The van der Waals surface area contributed by atoms with Crippen LogP contribution in [-0.4, -0.2) is 16.3 Å². The normalized spacial score (nSPS) is 30.7. The predicted octanol–water partition coefficient (Wildman–Crippen LogP) is 3.20. The first-order chi connectivity index (χ1) is 8.24. The van der Waals surface area contributed by atoms with Gasteiger partial charge >= 0.3 is 5.97 Å². The molecule has 0 aromatic heterocycles. The molecule has 0 saturated heterocycles. The van der Waals surface area contributed by atoms with E-state index < -0.39 is 5.97 Å². The zero-order valence-electron chi connectivity index (χ0n) is 9.63. The van der Waals surface area contributed by atoms with Gasteiger partial charge in [0.2, 0.25) is 0 Å². The Labute approximate surface area is 105 Å². The van der Waals surface area contributed by atoms with Crippen molar-refractivity contribution < 1.29 is 9.90 Å². The van der Waals surface area contributed by atoms with Gasteiger partial charge in [0.25, 0.3) is 0 Å². The summed E-state index contributed by atoms with van der Waals surface area (Å²) in [5.74, 6) is -0.250. The molecule has 17 heavy (non-hydrogen) atoms. The molecule has 3 unspecified atom stereocenters. The van der Waals surface area contributed by atoms with Crippen LogP contribution in [0.4, 0.5) is 0 Å². The van der Waals surface area contributed by atoms with Gasteiger partial charge in [0, 0.05) is 10.1 Å². The second kappa shape index (κ2) is 4.37. The molecule has 1 N–H and O–H groups in total. The van der Waals surface area contributed by atoms with E-state index in [1.165, 1.54) is 10.5 Å². The highest BCUT2D eigenvalue weighted by atomic mass is 32.2. The van der Waals surface area contributed by atoms with Crippen molar-refractivity contribution in [2.45, 2.75) is 35.8 Å². The van der Waals surface area contributed by atoms with Crippen LogP contribution in [0.3, 0.4) is 0 Å². The van der Waals surface area contributed by atoms with Crippen molar-refractivity contribution in [1.82, 2.24) is 0 Å². The number of hydrogen-bond donors (Lipinski definition) is 1. The number of fused-ring (bicyclic) bond motifs is 1. The Morgan fingerprint density at radius 2 is 2.18 bits per heavy atom. The zero-order chi connectivity index (χ0) is 11.8. The van der Waals surface area contributed by atoms with Crippen LogP contribution < -0.4 is 0 Å². The first-order valence-corrected chi connectivity index (χ1v) is 7.09. The number of benzene rings is 1. The van der Waals surface area contributed by atoms with Crippen molar-refractivity contribution in [1.29, 1.82) is 0 Å². The maximum Gasteiger partial charge on any atom is 0.306 e. The molecule has 1 aliphatic heterocycles. The standard InChI is InChI=1S/C14H16O2S/c15-14(16)12-6-5-9(12)7-11-8-10-3-1-2-4-13(10)17-11/h1-4,9,11-12H,5-8H2,(H,15,16). The van der Waals surface area contributed by atoms with Crippen LogP contribution in [0.1, 0.15) is 24.8 Å². The number of aliphatic carboxylic acids is 1. The highest BCUT2D eigenvalue weighted by Crippen LogP contribution is 2.45. The quantitative estimate of drug-likeness (QED) is 0.892. The fraction of sp³-hybridized carbons (Fsp3) is 0.500. The lowest BCUT2D eigenvalue weighted by Crippen LogP contribution is -2.34. The molecular formula is C14H16O2S. The second-order valence-corrected chi connectivity index (χ2v) is 6.41. The molecule has 3 atom stereocenters. The Hall–Kier alpha value is -0.960. The smallest absolute Gasteiger partial charge is 0.306 e. The summed E-state index contributed by atoms with van der Waals surface area (Å²) in [6.07, 6.45) is 4.16. The summed E-state index contributed by atoms with van der Waals surface area (Å²) in [6, 6.07) is 8.54. The van der Waals surface area contributed by atoms with Gasteiger partial charge in [0.1, 0.15) is 0 Å². The van der Waals surface area contributed by atoms with Crippen molar-refractivity contribution in [3.8, 4) is 0 Å². The first kappa shape index (κ1) is 11.1. The maximum atomic E-state index is 11.0. The van der Waals surface area contributed by atoms with Crippen LogP contribution >= 0.6 is 11.8 Å². The summed E-state index contributed by atoms with van der Waals surface area (Å²) >= 11 is 1.93. The van der Waals surface area contributed by atoms with Gasteiger partial charge < -0.3 is 5.11 Å². The number of carboxylic acid groups (broad SMARTS) is 1. The van der Waals surface area contributed by atoms with E-state index in [2.05, 4.69) is 24.3 Å². The van der Waals surface area contributed by atoms with E-state index in [9.17, 15) is 4.79 Å². The Kier molecular flexibility index (Phi) is 2.87. The lowest BCUT2D eigenvalue weighted by molar-refractivity contribution is -0.147. The summed E-state index contributed by atoms with van der Waals surface area (Å²) in [7, 11) is 0. The molecule has 3 rings (SSSR count). The molecule has 0 radical (unpaired) electrons. The fourth-order valence-electron chi connectivity index (χ4n) is 2.90. The maximum absolute atomic E-state index is 11.0. The van der Waals surface area contributed by atoms with Crippen molar-refractivity contribution in [2.75, 3.05) is 0 Å². The van der Waals surface area contributed by atoms with Gasteiger partial charge in [-0.3, -0.25) is 4.79 Å². The first-order valence-electron chi connectivity index (χ1n) is 6.21. The van der Waals surface area contributed by atoms with Gasteiger partial charge in [0.05, 0.1) is 5.92 Å². The largest absolute Gasteiger partial charge is 0.481 e. The van der Waals surface area contributed by atoms with E-state index in [0.29, 0.717) is 11.2 Å². The molecule has 1 aliphatic carbocycles. The molecule has 1 aromatic rings. The van der Waals surface area contributed by atoms with E-state index in [1.54, 1.807) is 0 Å². The summed E-state index contributed by atoms with van der Waals surface area (Å²) < 4.78 is 0. The van der Waals surface area contributed by atoms with Gasteiger partial charge in [0.15, 0.2) is 0 Å². The molecule has 0 spiro atoms. The van der Waals surface area contributed by atoms with Crippen LogP contribution in [0, 0.1) is 11.8 Å². The number of rotatable bonds is 3. The number of hydrogen-bond acceptors (Lipinski definition) is 2. The summed E-state index contributed by atoms with van der Waals surface area (Å²) in [5.41, 5.74) is 1.44. The van der Waals surface area contributed by atoms with E-state index in [1.807, 2.05) is 11.8 Å². The molecule has 0 amide bonds.